The molecule has 0 heterocycles. The summed E-state index contributed by atoms with van der Waals surface area (Å²) in [5.41, 5.74) is 2.20. The Morgan fingerprint density at radius 3 is 2.47 bits per heavy atom. The van der Waals surface area contributed by atoms with Crippen LogP contribution in [0.3, 0.4) is 0 Å². The number of rotatable bonds is 8. The number of nitrogens with one attached hydrogen (secondary N) is 2. The fourth-order valence-corrected chi connectivity index (χ4v) is 3.62. The molecule has 0 spiro atoms. The third-order valence-electron chi connectivity index (χ3n) is 4.15. The summed E-state index contributed by atoms with van der Waals surface area (Å²) in [6, 6.07) is 21.8. The molecule has 3 aromatic carbocycles. The van der Waals surface area contributed by atoms with E-state index in [2.05, 4.69) is 10.6 Å². The van der Waals surface area contributed by atoms with Crippen molar-refractivity contribution in [3.05, 3.63) is 83.4 Å². The van der Waals surface area contributed by atoms with Gasteiger partial charge in [0.25, 0.3) is 0 Å². The minimum absolute atomic E-state index is 0.117. The van der Waals surface area contributed by atoms with Crippen LogP contribution >= 0.6 is 23.4 Å². The van der Waals surface area contributed by atoms with E-state index in [1.54, 1.807) is 31.4 Å². The number of ether oxygens (including phenoxy) is 1. The summed E-state index contributed by atoms with van der Waals surface area (Å²) in [6.45, 7) is 0. The van der Waals surface area contributed by atoms with E-state index in [4.69, 9.17) is 16.3 Å². The van der Waals surface area contributed by atoms with Crippen molar-refractivity contribution < 1.29 is 14.3 Å². The highest BCUT2D eigenvalue weighted by Gasteiger charge is 2.09. The molecule has 0 aliphatic carbocycles. The van der Waals surface area contributed by atoms with Gasteiger partial charge in [0.05, 0.1) is 25.0 Å². The lowest BCUT2D eigenvalue weighted by molar-refractivity contribution is -0.115. The number of anilines is 2. The maximum absolute atomic E-state index is 12.3. The number of hydrogen-bond acceptors (Lipinski definition) is 4. The van der Waals surface area contributed by atoms with Crippen molar-refractivity contribution in [2.45, 2.75) is 11.3 Å². The first-order valence-corrected chi connectivity index (χ1v) is 10.6. The molecular weight excluding hydrogens is 420 g/mol. The molecule has 0 atom stereocenters. The fourth-order valence-electron chi connectivity index (χ4n) is 2.74. The van der Waals surface area contributed by atoms with Gasteiger partial charge >= 0.3 is 0 Å². The SMILES string of the molecule is COc1ccccc1NC(=O)CSc1cccc(NC(=O)Cc2ccc(Cl)cc2)c1. The molecule has 3 rings (SSSR count). The minimum atomic E-state index is -0.137. The van der Waals surface area contributed by atoms with Crippen LogP contribution in [-0.4, -0.2) is 24.7 Å². The van der Waals surface area contributed by atoms with Crippen LogP contribution in [0.25, 0.3) is 0 Å². The van der Waals surface area contributed by atoms with E-state index in [0.717, 1.165) is 10.5 Å². The summed E-state index contributed by atoms with van der Waals surface area (Å²) < 4.78 is 5.24. The quantitative estimate of drug-likeness (QED) is 0.469. The molecule has 3 aromatic rings. The number of carbonyl (C=O) groups is 2. The first-order chi connectivity index (χ1) is 14.5. The average molecular weight is 441 g/mol. The molecule has 0 saturated heterocycles. The Kier molecular flexibility index (Phi) is 7.76. The van der Waals surface area contributed by atoms with Crippen LogP contribution in [-0.2, 0) is 16.0 Å². The third kappa shape index (κ3) is 6.54. The number of thioether (sulfide) groups is 1. The molecule has 7 heteroatoms. The van der Waals surface area contributed by atoms with Gasteiger partial charge in [-0.2, -0.15) is 0 Å². The predicted octanol–water partition coefficient (Wildman–Crippen LogP) is 5.26. The average Bonchev–Trinajstić information content (AvgIpc) is 2.74. The van der Waals surface area contributed by atoms with E-state index in [1.807, 2.05) is 48.5 Å². The van der Waals surface area contributed by atoms with Crippen LogP contribution < -0.4 is 15.4 Å². The molecule has 0 radical (unpaired) electrons. The van der Waals surface area contributed by atoms with E-state index in [9.17, 15) is 9.59 Å². The van der Waals surface area contributed by atoms with Gasteiger partial charge < -0.3 is 15.4 Å². The van der Waals surface area contributed by atoms with Crippen molar-refractivity contribution in [2.24, 2.45) is 0 Å². The highest BCUT2D eigenvalue weighted by Crippen LogP contribution is 2.25. The number of para-hydroxylation sites is 2. The van der Waals surface area contributed by atoms with Crippen LogP contribution in [0.2, 0.25) is 5.02 Å². The Morgan fingerprint density at radius 2 is 1.70 bits per heavy atom. The van der Waals surface area contributed by atoms with Gasteiger partial charge in [-0.15, -0.1) is 11.8 Å². The topological polar surface area (TPSA) is 67.4 Å². The van der Waals surface area contributed by atoms with Gasteiger partial charge in [-0.05, 0) is 48.0 Å². The molecule has 0 bridgehead atoms. The first kappa shape index (κ1) is 21.7. The molecule has 2 amide bonds. The Morgan fingerprint density at radius 1 is 0.933 bits per heavy atom. The summed E-state index contributed by atoms with van der Waals surface area (Å²) in [5, 5.41) is 6.37. The number of methoxy groups -OCH3 is 1. The van der Waals surface area contributed by atoms with Crippen molar-refractivity contribution in [1.29, 1.82) is 0 Å². The molecule has 2 N–H and O–H groups in total. The van der Waals surface area contributed by atoms with Crippen LogP contribution in [0, 0.1) is 0 Å². The Bertz CT molecular complexity index is 1020. The van der Waals surface area contributed by atoms with Gasteiger partial charge in [0.1, 0.15) is 5.75 Å². The summed E-state index contributed by atoms with van der Waals surface area (Å²) in [4.78, 5) is 25.4. The highest BCUT2D eigenvalue weighted by molar-refractivity contribution is 8.00. The summed E-state index contributed by atoms with van der Waals surface area (Å²) in [7, 11) is 1.56. The lowest BCUT2D eigenvalue weighted by Crippen LogP contribution is -2.15. The number of carbonyl (C=O) groups excluding carboxylic acids is 2. The highest BCUT2D eigenvalue weighted by atomic mass is 35.5. The van der Waals surface area contributed by atoms with Gasteiger partial charge in [0.2, 0.25) is 11.8 Å². The number of halogens is 1. The zero-order valence-electron chi connectivity index (χ0n) is 16.4. The molecule has 30 heavy (non-hydrogen) atoms. The normalized spacial score (nSPS) is 10.3. The second kappa shape index (κ2) is 10.7. The summed E-state index contributed by atoms with van der Waals surface area (Å²) in [6.07, 6.45) is 0.260. The molecular formula is C23H21ClN2O3S. The fraction of sp³-hybridized carbons (Fsp3) is 0.130. The number of hydrogen-bond donors (Lipinski definition) is 2. The van der Waals surface area contributed by atoms with Crippen molar-refractivity contribution in [2.75, 3.05) is 23.5 Å². The minimum Gasteiger partial charge on any atom is -0.495 e. The lowest BCUT2D eigenvalue weighted by Gasteiger charge is -2.10. The largest absolute Gasteiger partial charge is 0.495 e. The van der Waals surface area contributed by atoms with Crippen molar-refractivity contribution in [3.8, 4) is 5.75 Å². The third-order valence-corrected chi connectivity index (χ3v) is 5.39. The van der Waals surface area contributed by atoms with Gasteiger partial charge in [-0.3, -0.25) is 9.59 Å². The molecule has 154 valence electrons. The molecule has 0 aliphatic rings. The molecule has 0 aliphatic heterocycles. The van der Waals surface area contributed by atoms with Crippen LogP contribution in [0.5, 0.6) is 5.75 Å². The molecule has 0 unspecified atom stereocenters. The molecule has 0 saturated carbocycles. The van der Waals surface area contributed by atoms with Crippen LogP contribution in [0.4, 0.5) is 11.4 Å². The van der Waals surface area contributed by atoms with Gasteiger partial charge in [-0.25, -0.2) is 0 Å². The summed E-state index contributed by atoms with van der Waals surface area (Å²) >= 11 is 7.26. The van der Waals surface area contributed by atoms with Crippen molar-refractivity contribution in [1.82, 2.24) is 0 Å². The predicted molar refractivity (Wildman–Crippen MR) is 123 cm³/mol. The zero-order valence-corrected chi connectivity index (χ0v) is 17.9. The van der Waals surface area contributed by atoms with E-state index < -0.39 is 0 Å². The lowest BCUT2D eigenvalue weighted by atomic mass is 10.1. The van der Waals surface area contributed by atoms with E-state index in [-0.39, 0.29) is 24.0 Å². The first-order valence-electron chi connectivity index (χ1n) is 9.23. The second-order valence-electron chi connectivity index (χ2n) is 6.42. The molecule has 0 fully saturated rings. The molecule has 0 aromatic heterocycles. The van der Waals surface area contributed by atoms with E-state index >= 15 is 0 Å². The monoisotopic (exact) mass is 440 g/mol. The van der Waals surface area contributed by atoms with E-state index in [0.29, 0.717) is 22.1 Å². The maximum Gasteiger partial charge on any atom is 0.234 e. The Balaban J connectivity index is 1.53. The molecule has 5 nitrogen and oxygen atoms in total. The van der Waals surface area contributed by atoms with Gasteiger partial charge in [-0.1, -0.05) is 41.9 Å². The Labute approximate surface area is 184 Å². The zero-order chi connectivity index (χ0) is 21.3. The smallest absolute Gasteiger partial charge is 0.234 e. The standard InChI is InChI=1S/C23H21ClN2O3S/c1-29-21-8-3-2-7-20(21)26-23(28)15-30-19-6-4-5-18(14-19)25-22(27)13-16-9-11-17(24)12-10-16/h2-12,14H,13,15H2,1H3,(H,25,27)(H,26,28). The van der Waals surface area contributed by atoms with Crippen LogP contribution in [0.1, 0.15) is 5.56 Å². The van der Waals surface area contributed by atoms with Crippen molar-refractivity contribution in [3.63, 3.8) is 0 Å². The van der Waals surface area contributed by atoms with E-state index in [1.165, 1.54) is 11.8 Å². The van der Waals surface area contributed by atoms with Crippen LogP contribution in [0.15, 0.2) is 77.7 Å². The summed E-state index contributed by atoms with van der Waals surface area (Å²) in [5.74, 6) is 0.594. The second-order valence-corrected chi connectivity index (χ2v) is 7.90. The maximum atomic E-state index is 12.3. The number of amides is 2. The van der Waals surface area contributed by atoms with Gasteiger partial charge in [0, 0.05) is 15.6 Å². The van der Waals surface area contributed by atoms with Gasteiger partial charge in [0.15, 0.2) is 0 Å². The Hall–Kier alpha value is -2.96. The van der Waals surface area contributed by atoms with Crippen molar-refractivity contribution >= 4 is 46.6 Å². The number of benzene rings is 3.